The number of hydrogen-bond donors (Lipinski definition) is 1. The van der Waals surface area contributed by atoms with Gasteiger partial charge in [0, 0.05) is 11.6 Å². The van der Waals surface area contributed by atoms with Crippen molar-refractivity contribution >= 4 is 11.3 Å². The van der Waals surface area contributed by atoms with E-state index >= 15 is 0 Å². The summed E-state index contributed by atoms with van der Waals surface area (Å²) in [5.74, 6) is 0.895. The molecule has 0 saturated heterocycles. The minimum atomic E-state index is -0.00641. The molecule has 2 rings (SSSR count). The van der Waals surface area contributed by atoms with Crippen LogP contribution in [0.15, 0.2) is 35.0 Å². The molecule has 90 valence electrons. The third-order valence-electron chi connectivity index (χ3n) is 2.63. The summed E-state index contributed by atoms with van der Waals surface area (Å²) in [7, 11) is 0. The molecule has 3 heteroatoms. The number of ether oxygens (including phenoxy) is 1. The van der Waals surface area contributed by atoms with E-state index < -0.39 is 0 Å². The Morgan fingerprint density at radius 1 is 1.35 bits per heavy atom. The van der Waals surface area contributed by atoms with E-state index in [1.165, 1.54) is 11.1 Å². The average molecular weight is 247 g/mol. The van der Waals surface area contributed by atoms with Crippen molar-refractivity contribution in [2.45, 2.75) is 26.5 Å². The molecule has 1 atom stereocenters. The lowest BCUT2D eigenvalue weighted by Crippen LogP contribution is -2.08. The number of nitrogens with two attached hydrogens (primary N) is 1. The first-order valence-corrected chi connectivity index (χ1v) is 6.61. The fourth-order valence-electron chi connectivity index (χ4n) is 1.68. The van der Waals surface area contributed by atoms with Crippen LogP contribution in [0.2, 0.25) is 0 Å². The largest absolute Gasteiger partial charge is 0.489 e. The van der Waals surface area contributed by atoms with E-state index in [2.05, 4.69) is 29.8 Å². The van der Waals surface area contributed by atoms with Gasteiger partial charge in [0.2, 0.25) is 0 Å². The summed E-state index contributed by atoms with van der Waals surface area (Å²) < 4.78 is 5.85. The van der Waals surface area contributed by atoms with Crippen molar-refractivity contribution in [1.82, 2.24) is 0 Å². The van der Waals surface area contributed by atoms with Crippen molar-refractivity contribution in [2.24, 2.45) is 5.73 Å². The van der Waals surface area contributed by atoms with Crippen LogP contribution in [-0.4, -0.2) is 0 Å². The topological polar surface area (TPSA) is 35.2 Å². The fourth-order valence-corrected chi connectivity index (χ4v) is 2.33. The summed E-state index contributed by atoms with van der Waals surface area (Å²) in [6.45, 7) is 4.64. The molecule has 2 nitrogen and oxygen atoms in total. The molecule has 0 bridgehead atoms. The van der Waals surface area contributed by atoms with Gasteiger partial charge in [-0.3, -0.25) is 0 Å². The lowest BCUT2D eigenvalue weighted by atomic mass is 10.1. The van der Waals surface area contributed by atoms with Crippen LogP contribution in [0.1, 0.15) is 29.7 Å². The van der Waals surface area contributed by atoms with E-state index in [1.54, 1.807) is 11.3 Å². The van der Waals surface area contributed by atoms with Gasteiger partial charge < -0.3 is 10.5 Å². The molecule has 1 aromatic heterocycles. The van der Waals surface area contributed by atoms with E-state index in [0.29, 0.717) is 6.61 Å². The molecule has 0 aliphatic rings. The third-order valence-corrected chi connectivity index (χ3v) is 3.37. The SMILES string of the molecule is Cc1ccc([C@@H](C)N)c(OCc2ccsc2)c1. The van der Waals surface area contributed by atoms with Crippen LogP contribution in [0.25, 0.3) is 0 Å². The van der Waals surface area contributed by atoms with Crippen molar-refractivity contribution in [3.05, 3.63) is 51.7 Å². The molecule has 2 aromatic rings. The molecule has 0 aliphatic heterocycles. The van der Waals surface area contributed by atoms with Gasteiger partial charge in [0.15, 0.2) is 0 Å². The van der Waals surface area contributed by atoms with Gasteiger partial charge in [0.25, 0.3) is 0 Å². The second-order valence-electron chi connectivity index (χ2n) is 4.25. The number of thiophene rings is 1. The van der Waals surface area contributed by atoms with E-state index in [-0.39, 0.29) is 6.04 Å². The van der Waals surface area contributed by atoms with Gasteiger partial charge in [-0.25, -0.2) is 0 Å². The Labute approximate surface area is 106 Å². The van der Waals surface area contributed by atoms with Crippen molar-refractivity contribution in [1.29, 1.82) is 0 Å². The van der Waals surface area contributed by atoms with Crippen LogP contribution in [0, 0.1) is 6.92 Å². The van der Waals surface area contributed by atoms with Crippen LogP contribution < -0.4 is 10.5 Å². The highest BCUT2D eigenvalue weighted by Crippen LogP contribution is 2.26. The lowest BCUT2D eigenvalue weighted by Gasteiger charge is -2.14. The maximum atomic E-state index is 5.94. The van der Waals surface area contributed by atoms with Gasteiger partial charge in [0.05, 0.1) is 0 Å². The first-order chi connectivity index (χ1) is 8.16. The molecule has 0 aliphatic carbocycles. The minimum absolute atomic E-state index is 0.00641. The lowest BCUT2D eigenvalue weighted by molar-refractivity contribution is 0.302. The molecule has 0 spiro atoms. The molecular formula is C14H17NOS. The highest BCUT2D eigenvalue weighted by Gasteiger charge is 2.08. The van der Waals surface area contributed by atoms with E-state index in [4.69, 9.17) is 10.5 Å². The Bertz CT molecular complexity index is 477. The van der Waals surface area contributed by atoms with Crippen molar-refractivity contribution in [2.75, 3.05) is 0 Å². The third kappa shape index (κ3) is 3.08. The molecule has 0 amide bonds. The Morgan fingerprint density at radius 2 is 2.18 bits per heavy atom. The van der Waals surface area contributed by atoms with E-state index in [0.717, 1.165) is 11.3 Å². The summed E-state index contributed by atoms with van der Waals surface area (Å²) in [4.78, 5) is 0. The highest BCUT2D eigenvalue weighted by molar-refractivity contribution is 7.07. The van der Waals surface area contributed by atoms with Gasteiger partial charge in [-0.1, -0.05) is 12.1 Å². The van der Waals surface area contributed by atoms with Gasteiger partial charge >= 0.3 is 0 Å². The first kappa shape index (κ1) is 12.1. The summed E-state index contributed by atoms with van der Waals surface area (Å²) in [5, 5.41) is 4.16. The zero-order valence-electron chi connectivity index (χ0n) is 10.1. The molecular weight excluding hydrogens is 230 g/mol. The monoisotopic (exact) mass is 247 g/mol. The van der Waals surface area contributed by atoms with Crippen molar-refractivity contribution in [3.8, 4) is 5.75 Å². The summed E-state index contributed by atoms with van der Waals surface area (Å²) >= 11 is 1.68. The second-order valence-corrected chi connectivity index (χ2v) is 5.03. The van der Waals surface area contributed by atoms with Crippen molar-refractivity contribution in [3.63, 3.8) is 0 Å². The Hall–Kier alpha value is -1.32. The molecule has 1 aromatic carbocycles. The molecule has 0 radical (unpaired) electrons. The highest BCUT2D eigenvalue weighted by atomic mass is 32.1. The molecule has 0 unspecified atom stereocenters. The maximum absolute atomic E-state index is 5.94. The quantitative estimate of drug-likeness (QED) is 0.895. The van der Waals surface area contributed by atoms with Crippen molar-refractivity contribution < 1.29 is 4.74 Å². The molecule has 0 fully saturated rings. The minimum Gasteiger partial charge on any atom is -0.489 e. The molecule has 1 heterocycles. The first-order valence-electron chi connectivity index (χ1n) is 5.67. The fraction of sp³-hybridized carbons (Fsp3) is 0.286. The Balaban J connectivity index is 2.16. The van der Waals surface area contributed by atoms with Crippen LogP contribution in [0.4, 0.5) is 0 Å². The predicted octanol–water partition coefficient (Wildman–Crippen LogP) is 3.66. The number of rotatable bonds is 4. The summed E-state index contributed by atoms with van der Waals surface area (Å²) in [6.07, 6.45) is 0. The van der Waals surface area contributed by atoms with Gasteiger partial charge in [0.1, 0.15) is 12.4 Å². The van der Waals surface area contributed by atoms with Gasteiger partial charge in [-0.05, 0) is 47.9 Å². The maximum Gasteiger partial charge on any atom is 0.124 e. The molecule has 2 N–H and O–H groups in total. The smallest absolute Gasteiger partial charge is 0.124 e. The van der Waals surface area contributed by atoms with Crippen LogP contribution in [-0.2, 0) is 6.61 Å². The van der Waals surface area contributed by atoms with E-state index in [9.17, 15) is 0 Å². The Morgan fingerprint density at radius 3 is 2.82 bits per heavy atom. The van der Waals surface area contributed by atoms with Crippen LogP contribution in [0.5, 0.6) is 5.75 Å². The van der Waals surface area contributed by atoms with E-state index in [1.807, 2.05) is 19.1 Å². The Kier molecular flexibility index (Phi) is 3.82. The predicted molar refractivity (Wildman–Crippen MR) is 72.4 cm³/mol. The molecule has 0 saturated carbocycles. The van der Waals surface area contributed by atoms with Gasteiger partial charge in [-0.15, -0.1) is 0 Å². The number of aryl methyl sites for hydroxylation is 1. The normalized spacial score (nSPS) is 12.4. The second kappa shape index (κ2) is 5.34. The van der Waals surface area contributed by atoms with Gasteiger partial charge in [-0.2, -0.15) is 11.3 Å². The standard InChI is InChI=1S/C14H17NOS/c1-10-3-4-13(11(2)15)14(7-10)16-8-12-5-6-17-9-12/h3-7,9,11H,8,15H2,1-2H3/t11-/m1/s1. The van der Waals surface area contributed by atoms with Crippen LogP contribution in [0.3, 0.4) is 0 Å². The zero-order valence-corrected chi connectivity index (χ0v) is 11.0. The zero-order chi connectivity index (χ0) is 12.3. The summed E-state index contributed by atoms with van der Waals surface area (Å²) in [6, 6.07) is 8.23. The van der Waals surface area contributed by atoms with Crippen LogP contribution >= 0.6 is 11.3 Å². The summed E-state index contributed by atoms with van der Waals surface area (Å²) in [5.41, 5.74) is 9.39. The number of hydrogen-bond acceptors (Lipinski definition) is 3. The molecule has 17 heavy (non-hydrogen) atoms. The average Bonchev–Trinajstić information content (AvgIpc) is 2.78. The number of benzene rings is 1.